The highest BCUT2D eigenvalue weighted by Crippen LogP contribution is 2.21. The molecule has 1 heterocycles. The number of nitrogens with one attached hydrogen (secondary N) is 2. The molecule has 0 atom stereocenters. The van der Waals surface area contributed by atoms with Crippen molar-refractivity contribution in [1.29, 1.82) is 0 Å². The highest BCUT2D eigenvalue weighted by atomic mass is 35.5. The Morgan fingerprint density at radius 3 is 2.82 bits per heavy atom. The molecule has 8 nitrogen and oxygen atoms in total. The van der Waals surface area contributed by atoms with E-state index in [9.17, 15) is 19.7 Å². The average Bonchev–Trinajstić information content (AvgIpc) is 2.15. The number of nitrogens with zero attached hydrogens (tertiary/aromatic N) is 1. The van der Waals surface area contributed by atoms with Gasteiger partial charge in [-0.25, -0.2) is 4.79 Å². The smallest absolute Gasteiger partial charge is 0.412 e. The van der Waals surface area contributed by atoms with Gasteiger partial charge in [0.15, 0.2) is 0 Å². The number of rotatable bonds is 3. The van der Waals surface area contributed by atoms with Gasteiger partial charge in [0.05, 0.1) is 11.5 Å². The lowest BCUT2D eigenvalue weighted by Gasteiger charge is -2.04. The number of aromatic nitrogens is 1. The second-order valence-electron chi connectivity index (χ2n) is 2.81. The average molecular weight is 262 g/mol. The highest BCUT2D eigenvalue weighted by molar-refractivity contribution is 6.32. The number of amides is 1. The van der Waals surface area contributed by atoms with Gasteiger partial charge in [0.2, 0.25) is 0 Å². The lowest BCUT2D eigenvalue weighted by molar-refractivity contribution is -0.386. The van der Waals surface area contributed by atoms with Crippen LogP contribution in [-0.2, 0) is 4.74 Å². The normalized spacial score (nSPS) is 9.76. The maximum atomic E-state index is 11.3. The minimum Gasteiger partial charge on any atom is -0.450 e. The Labute approximate surface area is 99.7 Å². The Kier molecular flexibility index (Phi) is 4.05. The van der Waals surface area contributed by atoms with Gasteiger partial charge >= 0.3 is 17.3 Å². The Morgan fingerprint density at radius 1 is 1.71 bits per heavy atom. The Balaban J connectivity index is 3.03. The largest absolute Gasteiger partial charge is 0.450 e. The van der Waals surface area contributed by atoms with Crippen molar-refractivity contribution in [2.45, 2.75) is 6.92 Å². The van der Waals surface area contributed by atoms with Crippen molar-refractivity contribution < 1.29 is 14.5 Å². The van der Waals surface area contributed by atoms with Gasteiger partial charge in [-0.05, 0) is 6.92 Å². The van der Waals surface area contributed by atoms with E-state index in [0.717, 1.165) is 6.07 Å². The van der Waals surface area contributed by atoms with E-state index in [-0.39, 0.29) is 17.4 Å². The van der Waals surface area contributed by atoms with E-state index in [2.05, 4.69) is 15.0 Å². The van der Waals surface area contributed by atoms with Crippen molar-refractivity contribution in [2.24, 2.45) is 0 Å². The summed E-state index contributed by atoms with van der Waals surface area (Å²) < 4.78 is 4.55. The molecule has 9 heteroatoms. The fraction of sp³-hybridized carbons (Fsp3) is 0.250. The number of halogens is 1. The molecule has 1 aromatic heterocycles. The monoisotopic (exact) mass is 261 g/mol. The zero-order chi connectivity index (χ0) is 13.0. The van der Waals surface area contributed by atoms with Gasteiger partial charge in [-0.2, -0.15) is 0 Å². The summed E-state index contributed by atoms with van der Waals surface area (Å²) in [5.41, 5.74) is -1.78. The Bertz CT molecular complexity index is 512. The molecular weight excluding hydrogens is 254 g/mol. The van der Waals surface area contributed by atoms with Crippen LogP contribution in [0.2, 0.25) is 5.02 Å². The molecule has 2 N–H and O–H groups in total. The van der Waals surface area contributed by atoms with Crippen molar-refractivity contribution in [3.8, 4) is 0 Å². The fourth-order valence-corrected chi connectivity index (χ4v) is 1.30. The van der Waals surface area contributed by atoms with Gasteiger partial charge < -0.3 is 9.72 Å². The highest BCUT2D eigenvalue weighted by Gasteiger charge is 2.19. The lowest BCUT2D eigenvalue weighted by Crippen LogP contribution is -2.19. The van der Waals surface area contributed by atoms with Crippen molar-refractivity contribution >= 4 is 29.2 Å². The van der Waals surface area contributed by atoms with Crippen LogP contribution in [0.1, 0.15) is 6.92 Å². The first-order valence-corrected chi connectivity index (χ1v) is 4.84. The third kappa shape index (κ3) is 3.18. The van der Waals surface area contributed by atoms with Crippen LogP contribution in [0, 0.1) is 10.1 Å². The third-order valence-electron chi connectivity index (χ3n) is 1.66. The number of carbonyl (C=O) groups is 1. The van der Waals surface area contributed by atoms with E-state index in [1.807, 2.05) is 0 Å². The van der Waals surface area contributed by atoms with Crippen LogP contribution in [0.25, 0.3) is 0 Å². The van der Waals surface area contributed by atoms with Crippen LogP contribution in [-0.4, -0.2) is 22.6 Å². The van der Waals surface area contributed by atoms with Gasteiger partial charge in [-0.1, -0.05) is 11.6 Å². The number of aromatic amines is 1. The minimum absolute atomic E-state index is 0.0796. The molecule has 0 aliphatic heterocycles. The molecule has 0 spiro atoms. The number of ether oxygens (including phenoxy) is 1. The molecule has 0 bridgehead atoms. The molecule has 0 saturated carbocycles. The quantitative estimate of drug-likeness (QED) is 0.632. The van der Waals surface area contributed by atoms with E-state index in [0.29, 0.717) is 0 Å². The number of H-pyrrole nitrogens is 1. The number of anilines is 1. The van der Waals surface area contributed by atoms with E-state index in [1.54, 1.807) is 6.92 Å². The van der Waals surface area contributed by atoms with Crippen LogP contribution in [0.5, 0.6) is 0 Å². The Hall–Kier alpha value is -2.09. The van der Waals surface area contributed by atoms with Crippen LogP contribution >= 0.6 is 11.6 Å². The predicted octanol–water partition coefficient (Wildman–Crippen LogP) is 1.50. The lowest BCUT2D eigenvalue weighted by atomic mass is 10.4. The number of pyridine rings is 1. The van der Waals surface area contributed by atoms with Crippen LogP contribution in [0.15, 0.2) is 10.9 Å². The molecule has 0 fully saturated rings. The topological polar surface area (TPSA) is 114 Å². The molecule has 0 aliphatic carbocycles. The number of hydrogen-bond donors (Lipinski definition) is 2. The van der Waals surface area contributed by atoms with Crippen molar-refractivity contribution in [3.63, 3.8) is 0 Å². The molecule has 0 saturated heterocycles. The summed E-state index contributed by atoms with van der Waals surface area (Å²) in [7, 11) is 0. The predicted molar refractivity (Wildman–Crippen MR) is 59.4 cm³/mol. The van der Waals surface area contributed by atoms with Gasteiger partial charge in [0.1, 0.15) is 10.8 Å². The number of nitro groups is 1. The Morgan fingerprint density at radius 2 is 2.35 bits per heavy atom. The van der Waals surface area contributed by atoms with Crippen LogP contribution < -0.4 is 10.9 Å². The second-order valence-corrected chi connectivity index (χ2v) is 3.22. The summed E-state index contributed by atoms with van der Waals surface area (Å²) in [4.78, 5) is 33.9. The van der Waals surface area contributed by atoms with Crippen molar-refractivity contribution in [2.75, 3.05) is 11.9 Å². The fourth-order valence-electron chi connectivity index (χ4n) is 1.04. The molecule has 0 aromatic carbocycles. The van der Waals surface area contributed by atoms with E-state index in [4.69, 9.17) is 11.6 Å². The molecule has 0 aliphatic rings. The maximum Gasteiger partial charge on any atom is 0.412 e. The summed E-state index contributed by atoms with van der Waals surface area (Å²) in [6, 6.07) is 1.05. The maximum absolute atomic E-state index is 11.3. The van der Waals surface area contributed by atoms with Crippen molar-refractivity contribution in [1.82, 2.24) is 4.98 Å². The minimum atomic E-state index is -1.01. The van der Waals surface area contributed by atoms with Crippen molar-refractivity contribution in [3.05, 3.63) is 31.6 Å². The molecule has 1 rings (SSSR count). The third-order valence-corrected chi connectivity index (χ3v) is 1.94. The SMILES string of the molecule is CCOC(=O)Nc1cc(Cl)c([N+](=O)[O-])c(=O)[nH]1. The van der Waals surface area contributed by atoms with Crippen LogP contribution in [0.3, 0.4) is 0 Å². The van der Waals surface area contributed by atoms with E-state index >= 15 is 0 Å². The molecule has 1 amide bonds. The molecule has 0 unspecified atom stereocenters. The first-order chi connectivity index (χ1) is 7.95. The summed E-state index contributed by atoms with van der Waals surface area (Å²) in [6.45, 7) is 1.75. The molecule has 0 radical (unpaired) electrons. The van der Waals surface area contributed by atoms with E-state index in [1.165, 1.54) is 0 Å². The standard InChI is InChI=1S/C8H8ClN3O5/c1-2-17-8(14)11-5-3-4(9)6(12(15)16)7(13)10-5/h3H,2H2,1H3,(H2,10,11,13,14). The van der Waals surface area contributed by atoms with E-state index < -0.39 is 22.3 Å². The second kappa shape index (κ2) is 5.30. The van der Waals surface area contributed by atoms with Crippen LogP contribution in [0.4, 0.5) is 16.3 Å². The van der Waals surface area contributed by atoms with Gasteiger partial charge in [-0.3, -0.25) is 20.2 Å². The van der Waals surface area contributed by atoms with Gasteiger partial charge in [-0.15, -0.1) is 0 Å². The summed E-state index contributed by atoms with van der Waals surface area (Å²) in [6.07, 6.45) is -0.798. The zero-order valence-corrected chi connectivity index (χ0v) is 9.41. The summed E-state index contributed by atoms with van der Waals surface area (Å²) in [5.74, 6) is -0.0796. The zero-order valence-electron chi connectivity index (χ0n) is 8.65. The molecule has 92 valence electrons. The molecule has 1 aromatic rings. The van der Waals surface area contributed by atoms with Gasteiger partial charge in [0, 0.05) is 6.07 Å². The number of hydrogen-bond acceptors (Lipinski definition) is 5. The number of carbonyl (C=O) groups excluding carboxylic acids is 1. The van der Waals surface area contributed by atoms with Gasteiger partial charge in [0.25, 0.3) is 0 Å². The summed E-state index contributed by atoms with van der Waals surface area (Å²) >= 11 is 5.54. The molecular formula is C8H8ClN3O5. The first-order valence-electron chi connectivity index (χ1n) is 4.46. The summed E-state index contributed by atoms with van der Waals surface area (Å²) in [5, 5.41) is 12.3. The molecule has 17 heavy (non-hydrogen) atoms. The first kappa shape index (κ1) is 13.0.